The molecule has 0 fully saturated rings. The monoisotopic (exact) mass is 521 g/mol. The Morgan fingerprint density at radius 1 is 0.595 bits per heavy atom. The van der Waals surface area contributed by atoms with Crippen LogP contribution in [0.4, 0.5) is 0 Å². The van der Waals surface area contributed by atoms with Crippen LogP contribution >= 0.6 is 0 Å². The third-order valence-corrected chi connectivity index (χ3v) is 6.78. The summed E-state index contributed by atoms with van der Waals surface area (Å²) in [6.45, 7) is 11.9. The number of carboxylic acid groups (broad SMARTS) is 1. The molecule has 0 amide bonds. The van der Waals surface area contributed by atoms with Crippen LogP contribution in [-0.2, 0) is 14.3 Å². The maximum Gasteiger partial charge on any atom is 0.330 e. The number of hydrogen-bond donors (Lipinski definition) is 0. The van der Waals surface area contributed by atoms with E-state index in [0.717, 1.165) is 19.3 Å². The Kier molecular flexibility index (Phi) is 33.0. The SMILES string of the molecule is C=C(CCCCCCCCCCCCCC)C(=O)[O-].C=CC(=O)OCCCCCCCCCCCCC. The Morgan fingerprint density at radius 3 is 1.24 bits per heavy atom. The molecule has 0 radical (unpaired) electrons. The molecular weight excluding hydrogens is 460 g/mol. The molecule has 0 aliphatic heterocycles. The van der Waals surface area contributed by atoms with Crippen LogP contribution in [0.25, 0.3) is 0 Å². The van der Waals surface area contributed by atoms with Crippen molar-refractivity contribution in [2.24, 2.45) is 0 Å². The number of rotatable bonds is 27. The van der Waals surface area contributed by atoms with Crippen molar-refractivity contribution in [1.29, 1.82) is 0 Å². The topological polar surface area (TPSA) is 66.4 Å². The predicted molar refractivity (Wildman–Crippen MR) is 157 cm³/mol. The van der Waals surface area contributed by atoms with E-state index in [1.54, 1.807) is 0 Å². The first kappa shape index (κ1) is 37.6. The number of aliphatic carboxylic acids is 1. The van der Waals surface area contributed by atoms with Crippen LogP contribution in [0.3, 0.4) is 0 Å². The fourth-order valence-corrected chi connectivity index (χ4v) is 4.28. The minimum atomic E-state index is -1.09. The molecule has 4 nitrogen and oxygen atoms in total. The molecular formula is C33H61O4-. The van der Waals surface area contributed by atoms with Crippen molar-refractivity contribution < 1.29 is 19.4 Å². The van der Waals surface area contributed by atoms with E-state index in [1.165, 1.54) is 134 Å². The Balaban J connectivity index is 0. The minimum Gasteiger partial charge on any atom is -0.545 e. The van der Waals surface area contributed by atoms with E-state index in [0.29, 0.717) is 13.0 Å². The molecule has 0 aliphatic rings. The van der Waals surface area contributed by atoms with Gasteiger partial charge >= 0.3 is 5.97 Å². The smallest absolute Gasteiger partial charge is 0.330 e. The predicted octanol–water partition coefficient (Wildman–Crippen LogP) is 9.41. The van der Waals surface area contributed by atoms with Crippen LogP contribution in [0.15, 0.2) is 24.8 Å². The number of esters is 1. The van der Waals surface area contributed by atoms with Crippen molar-refractivity contribution in [2.75, 3.05) is 6.61 Å². The van der Waals surface area contributed by atoms with Gasteiger partial charge in [0.15, 0.2) is 0 Å². The van der Waals surface area contributed by atoms with Gasteiger partial charge in [-0.3, -0.25) is 0 Å². The van der Waals surface area contributed by atoms with Crippen molar-refractivity contribution in [2.45, 2.75) is 168 Å². The largest absolute Gasteiger partial charge is 0.545 e. The van der Waals surface area contributed by atoms with Gasteiger partial charge in [0.25, 0.3) is 0 Å². The first-order valence-corrected chi connectivity index (χ1v) is 15.7. The zero-order valence-corrected chi connectivity index (χ0v) is 24.8. The molecule has 0 saturated carbocycles. The number of carbonyl (C=O) groups is 2. The minimum absolute atomic E-state index is 0.243. The van der Waals surface area contributed by atoms with Crippen LogP contribution in [0.5, 0.6) is 0 Å². The highest BCUT2D eigenvalue weighted by Crippen LogP contribution is 2.14. The second-order valence-corrected chi connectivity index (χ2v) is 10.4. The Hall–Kier alpha value is -1.58. The normalized spacial score (nSPS) is 10.4. The van der Waals surface area contributed by atoms with Crippen molar-refractivity contribution in [3.8, 4) is 0 Å². The van der Waals surface area contributed by atoms with Crippen LogP contribution in [0.2, 0.25) is 0 Å². The molecule has 0 N–H and O–H groups in total. The van der Waals surface area contributed by atoms with Gasteiger partial charge in [-0.15, -0.1) is 0 Å². The number of ether oxygens (including phenoxy) is 1. The lowest BCUT2D eigenvalue weighted by Gasteiger charge is -2.06. The first-order chi connectivity index (χ1) is 18.0. The van der Waals surface area contributed by atoms with Gasteiger partial charge in [0.2, 0.25) is 0 Å². The second kappa shape index (κ2) is 32.4. The molecule has 0 heterocycles. The zero-order chi connectivity index (χ0) is 27.8. The van der Waals surface area contributed by atoms with E-state index in [1.807, 2.05) is 0 Å². The Labute approximate surface area is 230 Å². The molecule has 0 spiro atoms. The van der Waals surface area contributed by atoms with E-state index in [-0.39, 0.29) is 11.5 Å². The molecule has 0 rings (SSSR count). The molecule has 0 aromatic rings. The van der Waals surface area contributed by atoms with Crippen molar-refractivity contribution in [3.63, 3.8) is 0 Å². The molecule has 0 atom stereocenters. The third-order valence-electron chi connectivity index (χ3n) is 6.78. The number of hydrogen-bond acceptors (Lipinski definition) is 4. The standard InChI is InChI=1S/C17H32O2.C16H30O2/c1-3-4-5-6-7-8-9-10-11-12-13-14-15-16(2)17(18)19;1-3-5-6-7-8-9-10-11-12-13-14-15-18-16(17)4-2/h2-15H2,1H3,(H,18,19);4H,2-3,5-15H2,1H3/p-1. The van der Waals surface area contributed by atoms with Gasteiger partial charge in [-0.1, -0.05) is 162 Å². The van der Waals surface area contributed by atoms with Gasteiger partial charge in [0.1, 0.15) is 0 Å². The summed E-state index contributed by atoms with van der Waals surface area (Å²) in [4.78, 5) is 21.2. The molecule has 0 aromatic carbocycles. The van der Waals surface area contributed by atoms with E-state index < -0.39 is 5.97 Å². The van der Waals surface area contributed by atoms with Gasteiger partial charge in [-0.25, -0.2) is 4.79 Å². The summed E-state index contributed by atoms with van der Waals surface area (Å²) in [6, 6.07) is 0. The summed E-state index contributed by atoms with van der Waals surface area (Å²) in [6.07, 6.45) is 31.7. The summed E-state index contributed by atoms with van der Waals surface area (Å²) < 4.78 is 4.92. The Morgan fingerprint density at radius 2 is 0.919 bits per heavy atom. The molecule has 218 valence electrons. The summed E-state index contributed by atoms with van der Waals surface area (Å²) in [5.74, 6) is -1.40. The number of unbranched alkanes of at least 4 members (excludes halogenated alkanes) is 21. The van der Waals surface area contributed by atoms with Gasteiger partial charge in [-0.05, 0) is 24.8 Å². The van der Waals surface area contributed by atoms with E-state index in [9.17, 15) is 14.7 Å². The summed E-state index contributed by atoms with van der Waals surface area (Å²) >= 11 is 0. The second-order valence-electron chi connectivity index (χ2n) is 10.4. The molecule has 0 aliphatic carbocycles. The van der Waals surface area contributed by atoms with Crippen molar-refractivity contribution in [3.05, 3.63) is 24.8 Å². The van der Waals surface area contributed by atoms with E-state index >= 15 is 0 Å². The van der Waals surface area contributed by atoms with Gasteiger partial charge in [0.05, 0.1) is 12.6 Å². The number of carbonyl (C=O) groups excluding carboxylic acids is 2. The lowest BCUT2D eigenvalue weighted by molar-refractivity contribution is -0.299. The quantitative estimate of drug-likeness (QED) is 0.0613. The van der Waals surface area contributed by atoms with Gasteiger partial charge < -0.3 is 14.6 Å². The highest BCUT2D eigenvalue weighted by atomic mass is 16.5. The molecule has 0 saturated heterocycles. The summed E-state index contributed by atoms with van der Waals surface area (Å²) in [7, 11) is 0. The molecule has 4 heteroatoms. The fourth-order valence-electron chi connectivity index (χ4n) is 4.28. The van der Waals surface area contributed by atoms with E-state index in [2.05, 4.69) is 27.0 Å². The maximum absolute atomic E-state index is 10.8. The van der Waals surface area contributed by atoms with Crippen LogP contribution in [0, 0.1) is 0 Å². The van der Waals surface area contributed by atoms with Crippen molar-refractivity contribution >= 4 is 11.9 Å². The lowest BCUT2D eigenvalue weighted by atomic mass is 10.0. The molecule has 0 aromatic heterocycles. The van der Waals surface area contributed by atoms with Crippen LogP contribution in [-0.4, -0.2) is 18.5 Å². The van der Waals surface area contributed by atoms with Gasteiger partial charge in [-0.2, -0.15) is 0 Å². The Bertz CT molecular complexity index is 526. The van der Waals surface area contributed by atoms with E-state index in [4.69, 9.17) is 4.74 Å². The summed E-state index contributed by atoms with van der Waals surface area (Å²) in [5.41, 5.74) is 0.243. The fraction of sp³-hybridized carbons (Fsp3) is 0.818. The van der Waals surface area contributed by atoms with Crippen LogP contribution < -0.4 is 5.11 Å². The number of carboxylic acids is 1. The highest BCUT2D eigenvalue weighted by Gasteiger charge is 1.97. The van der Waals surface area contributed by atoms with Crippen molar-refractivity contribution in [1.82, 2.24) is 0 Å². The highest BCUT2D eigenvalue weighted by molar-refractivity contribution is 5.83. The molecule has 37 heavy (non-hydrogen) atoms. The lowest BCUT2D eigenvalue weighted by Crippen LogP contribution is -2.23. The average Bonchev–Trinajstić information content (AvgIpc) is 2.89. The van der Waals surface area contributed by atoms with Gasteiger partial charge in [0, 0.05) is 6.08 Å². The molecule has 0 unspecified atom stereocenters. The maximum atomic E-state index is 10.8. The average molecular weight is 522 g/mol. The first-order valence-electron chi connectivity index (χ1n) is 15.7. The molecule has 0 bridgehead atoms. The third kappa shape index (κ3) is 34.4. The van der Waals surface area contributed by atoms with Crippen LogP contribution in [0.1, 0.15) is 168 Å². The summed E-state index contributed by atoms with van der Waals surface area (Å²) in [5, 5.41) is 10.4. The zero-order valence-electron chi connectivity index (χ0n) is 24.8.